The number of hydrogen-bond acceptors (Lipinski definition) is 4. The molecule has 1 saturated heterocycles. The van der Waals surface area contributed by atoms with E-state index in [1.54, 1.807) is 11.8 Å². The molecule has 0 unspecified atom stereocenters. The molecule has 0 aromatic heterocycles. The SMILES string of the molecule is CCOc1ccccc1NC(=O)CSC1CCNCC1. The van der Waals surface area contributed by atoms with E-state index in [4.69, 9.17) is 4.74 Å². The van der Waals surface area contributed by atoms with E-state index in [1.165, 1.54) is 0 Å². The zero-order chi connectivity index (χ0) is 14.2. The van der Waals surface area contributed by atoms with Crippen molar-refractivity contribution in [2.75, 3.05) is 30.8 Å². The summed E-state index contributed by atoms with van der Waals surface area (Å²) in [5.74, 6) is 1.28. The summed E-state index contributed by atoms with van der Waals surface area (Å²) in [7, 11) is 0. The number of benzene rings is 1. The lowest BCUT2D eigenvalue weighted by Crippen LogP contribution is -2.30. The van der Waals surface area contributed by atoms with Crippen molar-refractivity contribution < 1.29 is 9.53 Å². The van der Waals surface area contributed by atoms with Crippen LogP contribution < -0.4 is 15.4 Å². The summed E-state index contributed by atoms with van der Waals surface area (Å²) < 4.78 is 5.50. The lowest BCUT2D eigenvalue weighted by molar-refractivity contribution is -0.113. The Kier molecular flexibility index (Phi) is 6.21. The van der Waals surface area contributed by atoms with Crippen LogP contribution in [0.5, 0.6) is 5.75 Å². The van der Waals surface area contributed by atoms with Crippen molar-refractivity contribution in [1.29, 1.82) is 0 Å². The smallest absolute Gasteiger partial charge is 0.234 e. The van der Waals surface area contributed by atoms with Crippen molar-refractivity contribution in [2.24, 2.45) is 0 Å². The molecule has 1 aromatic carbocycles. The van der Waals surface area contributed by atoms with Crippen LogP contribution in [0, 0.1) is 0 Å². The molecular weight excluding hydrogens is 272 g/mol. The molecule has 20 heavy (non-hydrogen) atoms. The van der Waals surface area contributed by atoms with Gasteiger partial charge in [-0.15, -0.1) is 11.8 Å². The number of hydrogen-bond donors (Lipinski definition) is 2. The quantitative estimate of drug-likeness (QED) is 0.846. The van der Waals surface area contributed by atoms with Gasteiger partial charge in [-0.3, -0.25) is 4.79 Å². The molecule has 1 aromatic rings. The molecule has 2 rings (SSSR count). The molecule has 0 spiro atoms. The van der Waals surface area contributed by atoms with Gasteiger partial charge in [0.2, 0.25) is 5.91 Å². The first kappa shape index (κ1) is 15.2. The molecule has 0 bridgehead atoms. The summed E-state index contributed by atoms with van der Waals surface area (Å²) in [5, 5.41) is 6.87. The minimum Gasteiger partial charge on any atom is -0.492 e. The maximum Gasteiger partial charge on any atom is 0.234 e. The van der Waals surface area contributed by atoms with Crippen LogP contribution in [-0.4, -0.2) is 36.6 Å². The van der Waals surface area contributed by atoms with Gasteiger partial charge >= 0.3 is 0 Å². The lowest BCUT2D eigenvalue weighted by atomic mass is 10.2. The van der Waals surface area contributed by atoms with Gasteiger partial charge in [-0.05, 0) is 45.0 Å². The zero-order valence-corrected chi connectivity index (χ0v) is 12.7. The van der Waals surface area contributed by atoms with Crippen molar-refractivity contribution in [2.45, 2.75) is 25.0 Å². The predicted molar refractivity (Wildman–Crippen MR) is 84.6 cm³/mol. The van der Waals surface area contributed by atoms with Crippen LogP contribution in [0.1, 0.15) is 19.8 Å². The molecule has 1 amide bonds. The monoisotopic (exact) mass is 294 g/mol. The number of para-hydroxylation sites is 2. The third kappa shape index (κ3) is 4.72. The Labute approximate surface area is 124 Å². The Hall–Kier alpha value is -1.20. The average molecular weight is 294 g/mol. The Morgan fingerprint density at radius 3 is 2.90 bits per heavy atom. The Morgan fingerprint density at radius 2 is 2.15 bits per heavy atom. The summed E-state index contributed by atoms with van der Waals surface area (Å²) in [4.78, 5) is 12.0. The lowest BCUT2D eigenvalue weighted by Gasteiger charge is -2.21. The Balaban J connectivity index is 1.81. The van der Waals surface area contributed by atoms with Gasteiger partial charge in [0.05, 0.1) is 18.0 Å². The minimum atomic E-state index is 0.0423. The highest BCUT2D eigenvalue weighted by molar-refractivity contribution is 8.00. The number of carbonyl (C=O) groups excluding carboxylic acids is 1. The van der Waals surface area contributed by atoms with Gasteiger partial charge in [0, 0.05) is 5.25 Å². The molecule has 2 N–H and O–H groups in total. The number of piperidine rings is 1. The van der Waals surface area contributed by atoms with E-state index in [-0.39, 0.29) is 5.91 Å². The molecule has 0 aliphatic carbocycles. The third-order valence-electron chi connectivity index (χ3n) is 3.20. The number of nitrogens with one attached hydrogen (secondary N) is 2. The van der Waals surface area contributed by atoms with Gasteiger partial charge in [-0.25, -0.2) is 0 Å². The Bertz CT molecular complexity index is 434. The molecule has 1 heterocycles. The second kappa shape index (κ2) is 8.17. The third-order valence-corrected chi connectivity index (χ3v) is 4.57. The largest absolute Gasteiger partial charge is 0.492 e. The van der Waals surface area contributed by atoms with Crippen LogP contribution in [0.15, 0.2) is 24.3 Å². The van der Waals surface area contributed by atoms with E-state index in [0.717, 1.165) is 37.4 Å². The second-order valence-electron chi connectivity index (χ2n) is 4.74. The first-order chi connectivity index (χ1) is 9.79. The molecule has 1 aliphatic rings. The highest BCUT2D eigenvalue weighted by Gasteiger charge is 2.15. The van der Waals surface area contributed by atoms with Gasteiger partial charge in [-0.1, -0.05) is 12.1 Å². The van der Waals surface area contributed by atoms with Crippen molar-refractivity contribution in [3.05, 3.63) is 24.3 Å². The fourth-order valence-corrected chi connectivity index (χ4v) is 3.22. The molecule has 5 heteroatoms. The maximum absolute atomic E-state index is 12.0. The zero-order valence-electron chi connectivity index (χ0n) is 11.9. The average Bonchev–Trinajstić information content (AvgIpc) is 2.49. The minimum absolute atomic E-state index is 0.0423. The van der Waals surface area contributed by atoms with E-state index in [9.17, 15) is 4.79 Å². The highest BCUT2D eigenvalue weighted by atomic mass is 32.2. The Morgan fingerprint density at radius 1 is 1.40 bits per heavy atom. The van der Waals surface area contributed by atoms with E-state index < -0.39 is 0 Å². The van der Waals surface area contributed by atoms with Crippen LogP contribution in [0.25, 0.3) is 0 Å². The van der Waals surface area contributed by atoms with E-state index in [0.29, 0.717) is 17.6 Å². The van der Waals surface area contributed by atoms with E-state index in [2.05, 4.69) is 10.6 Å². The number of thioether (sulfide) groups is 1. The van der Waals surface area contributed by atoms with Crippen molar-refractivity contribution in [1.82, 2.24) is 5.32 Å². The number of anilines is 1. The van der Waals surface area contributed by atoms with E-state index in [1.807, 2.05) is 31.2 Å². The molecule has 0 saturated carbocycles. The summed E-state index contributed by atoms with van der Waals surface area (Å²) in [6.07, 6.45) is 2.29. The normalized spacial score (nSPS) is 15.8. The van der Waals surface area contributed by atoms with Crippen molar-refractivity contribution in [3.8, 4) is 5.75 Å². The summed E-state index contributed by atoms with van der Waals surface area (Å²) >= 11 is 1.75. The van der Waals surface area contributed by atoms with Gasteiger partial charge in [0.15, 0.2) is 0 Å². The molecule has 4 nitrogen and oxygen atoms in total. The first-order valence-corrected chi connectivity index (χ1v) is 8.18. The summed E-state index contributed by atoms with van der Waals surface area (Å²) in [6.45, 7) is 4.65. The summed E-state index contributed by atoms with van der Waals surface area (Å²) in [6, 6.07) is 7.56. The van der Waals surface area contributed by atoms with Crippen LogP contribution in [0.2, 0.25) is 0 Å². The fraction of sp³-hybridized carbons (Fsp3) is 0.533. The standard InChI is InChI=1S/C15H22N2O2S/c1-2-19-14-6-4-3-5-13(14)17-15(18)11-20-12-7-9-16-10-8-12/h3-6,12,16H,2,7-11H2,1H3,(H,17,18). The van der Waals surface area contributed by atoms with Crippen LogP contribution in [0.3, 0.4) is 0 Å². The van der Waals surface area contributed by atoms with Gasteiger partial charge in [-0.2, -0.15) is 0 Å². The number of carbonyl (C=O) groups is 1. The molecular formula is C15H22N2O2S. The van der Waals surface area contributed by atoms with Crippen LogP contribution in [-0.2, 0) is 4.79 Å². The topological polar surface area (TPSA) is 50.4 Å². The number of amides is 1. The molecule has 1 fully saturated rings. The van der Waals surface area contributed by atoms with Crippen LogP contribution >= 0.6 is 11.8 Å². The predicted octanol–water partition coefficient (Wildman–Crippen LogP) is 2.51. The van der Waals surface area contributed by atoms with Crippen molar-refractivity contribution >= 4 is 23.4 Å². The number of rotatable bonds is 6. The van der Waals surface area contributed by atoms with Crippen molar-refractivity contribution in [3.63, 3.8) is 0 Å². The van der Waals surface area contributed by atoms with Gasteiger partial charge in [0.25, 0.3) is 0 Å². The molecule has 1 aliphatic heterocycles. The van der Waals surface area contributed by atoms with Crippen LogP contribution in [0.4, 0.5) is 5.69 Å². The maximum atomic E-state index is 12.0. The van der Waals surface area contributed by atoms with Gasteiger partial charge in [0.1, 0.15) is 5.75 Å². The van der Waals surface area contributed by atoms with Gasteiger partial charge < -0.3 is 15.4 Å². The molecule has 0 radical (unpaired) electrons. The van der Waals surface area contributed by atoms with E-state index >= 15 is 0 Å². The number of ether oxygens (including phenoxy) is 1. The highest BCUT2D eigenvalue weighted by Crippen LogP contribution is 2.25. The molecule has 110 valence electrons. The molecule has 0 atom stereocenters. The fourth-order valence-electron chi connectivity index (χ4n) is 2.19. The summed E-state index contributed by atoms with van der Waals surface area (Å²) in [5.41, 5.74) is 0.755. The second-order valence-corrected chi connectivity index (χ2v) is 6.03. The first-order valence-electron chi connectivity index (χ1n) is 7.13.